The fourth-order valence-corrected chi connectivity index (χ4v) is 3.24. The maximum atomic E-state index is 7.82. The topological polar surface area (TPSA) is 99.8 Å². The molecule has 0 aliphatic heterocycles. The van der Waals surface area contributed by atoms with Gasteiger partial charge in [0.2, 0.25) is 0 Å². The van der Waals surface area contributed by atoms with E-state index >= 15 is 0 Å². The van der Waals surface area contributed by atoms with Crippen molar-refractivity contribution in [3.05, 3.63) is 101 Å². The number of hydrogen-bond acceptors (Lipinski definition) is 4. The fraction of sp³-hybridized carbons (Fsp3) is 0.0833. The number of H-pyrrole nitrogens is 1. The van der Waals surface area contributed by atoms with Crippen LogP contribution in [0.4, 0.5) is 5.69 Å². The standard InChI is InChI=1S/C24H22ClN5O/c25-18-8-6-16(7-9-18)15-31-22-12-19(10-11-20(22)24(26)27)28-14-23-29-13-21(30-23)17-4-2-1-3-5-17/h1-13,28H,14-15H2,(H3,26,27)(H,29,30). The second-order valence-corrected chi connectivity index (χ2v) is 7.44. The van der Waals surface area contributed by atoms with Crippen molar-refractivity contribution >= 4 is 23.1 Å². The monoisotopic (exact) mass is 431 g/mol. The van der Waals surface area contributed by atoms with Crippen molar-refractivity contribution in [3.63, 3.8) is 0 Å². The first-order valence-corrected chi connectivity index (χ1v) is 10.1. The molecule has 0 aliphatic rings. The smallest absolute Gasteiger partial charge is 0.132 e. The van der Waals surface area contributed by atoms with Gasteiger partial charge in [-0.05, 0) is 35.4 Å². The van der Waals surface area contributed by atoms with E-state index in [1.165, 1.54) is 0 Å². The van der Waals surface area contributed by atoms with Crippen LogP contribution in [-0.2, 0) is 13.2 Å². The molecule has 0 spiro atoms. The average Bonchev–Trinajstić information content (AvgIpc) is 3.27. The number of aromatic nitrogens is 2. The summed E-state index contributed by atoms with van der Waals surface area (Å²) in [6.45, 7) is 0.863. The van der Waals surface area contributed by atoms with Gasteiger partial charge in [0.25, 0.3) is 0 Å². The van der Waals surface area contributed by atoms with Gasteiger partial charge < -0.3 is 20.8 Å². The third kappa shape index (κ3) is 5.24. The normalized spacial score (nSPS) is 10.6. The van der Waals surface area contributed by atoms with Gasteiger partial charge in [0.15, 0.2) is 0 Å². The number of ether oxygens (including phenoxy) is 1. The Labute approximate surface area is 185 Å². The molecule has 7 heteroatoms. The Hall–Kier alpha value is -3.77. The number of nitrogens with two attached hydrogens (primary N) is 1. The van der Waals surface area contributed by atoms with E-state index in [1.807, 2.05) is 72.9 Å². The van der Waals surface area contributed by atoms with Gasteiger partial charge in [-0.3, -0.25) is 5.41 Å². The van der Waals surface area contributed by atoms with E-state index in [4.69, 9.17) is 27.5 Å². The Morgan fingerprint density at radius 2 is 1.84 bits per heavy atom. The van der Waals surface area contributed by atoms with E-state index in [2.05, 4.69) is 15.3 Å². The molecule has 4 rings (SSSR count). The molecule has 0 unspecified atom stereocenters. The van der Waals surface area contributed by atoms with Crippen molar-refractivity contribution in [3.8, 4) is 17.0 Å². The predicted octanol–water partition coefficient (Wildman–Crippen LogP) is 5.21. The molecule has 0 saturated carbocycles. The van der Waals surface area contributed by atoms with Crippen molar-refractivity contribution in [2.75, 3.05) is 5.32 Å². The molecule has 0 bridgehead atoms. The quantitative estimate of drug-likeness (QED) is 0.227. The molecule has 31 heavy (non-hydrogen) atoms. The van der Waals surface area contributed by atoms with Crippen LogP contribution in [0.5, 0.6) is 5.75 Å². The maximum absolute atomic E-state index is 7.82. The fourth-order valence-electron chi connectivity index (χ4n) is 3.12. The number of aromatic amines is 1. The number of rotatable bonds is 8. The number of amidine groups is 1. The molecule has 3 aromatic carbocycles. The van der Waals surface area contributed by atoms with Crippen LogP contribution in [0.3, 0.4) is 0 Å². The summed E-state index contributed by atoms with van der Waals surface area (Å²) in [7, 11) is 0. The van der Waals surface area contributed by atoms with Gasteiger partial charge in [-0.1, -0.05) is 54.1 Å². The van der Waals surface area contributed by atoms with Gasteiger partial charge in [0, 0.05) is 16.8 Å². The van der Waals surface area contributed by atoms with E-state index in [0.29, 0.717) is 29.5 Å². The van der Waals surface area contributed by atoms with Gasteiger partial charge in [-0.2, -0.15) is 0 Å². The van der Waals surface area contributed by atoms with Crippen LogP contribution in [0, 0.1) is 5.41 Å². The SMILES string of the molecule is N=C(N)c1ccc(NCc2ncc(-c3ccccc3)[nH]2)cc1OCc1ccc(Cl)cc1. The van der Waals surface area contributed by atoms with Crippen LogP contribution < -0.4 is 15.8 Å². The molecule has 0 radical (unpaired) electrons. The first kappa shape index (κ1) is 20.5. The molecular weight excluding hydrogens is 410 g/mol. The first-order valence-electron chi connectivity index (χ1n) is 9.77. The van der Waals surface area contributed by atoms with Crippen LogP contribution in [0.1, 0.15) is 17.0 Å². The van der Waals surface area contributed by atoms with Gasteiger partial charge in [0.1, 0.15) is 24.0 Å². The third-order valence-electron chi connectivity index (χ3n) is 4.75. The molecular formula is C24H22ClN5O. The number of benzene rings is 3. The molecule has 6 nitrogen and oxygen atoms in total. The number of anilines is 1. The van der Waals surface area contributed by atoms with Crippen LogP contribution in [0.25, 0.3) is 11.3 Å². The van der Waals surface area contributed by atoms with Gasteiger partial charge in [-0.15, -0.1) is 0 Å². The molecule has 1 heterocycles. The predicted molar refractivity (Wildman–Crippen MR) is 125 cm³/mol. The molecule has 0 saturated heterocycles. The summed E-state index contributed by atoms with van der Waals surface area (Å²) in [5.74, 6) is 1.31. The van der Waals surface area contributed by atoms with E-state index in [1.54, 1.807) is 6.07 Å². The Kier molecular flexibility index (Phi) is 6.19. The zero-order chi connectivity index (χ0) is 21.6. The molecule has 156 valence electrons. The molecule has 0 fully saturated rings. The second kappa shape index (κ2) is 9.36. The third-order valence-corrected chi connectivity index (χ3v) is 5.00. The van der Waals surface area contributed by atoms with E-state index in [0.717, 1.165) is 28.3 Å². The number of nitrogens with zero attached hydrogens (tertiary/aromatic N) is 1. The zero-order valence-corrected chi connectivity index (χ0v) is 17.5. The van der Waals surface area contributed by atoms with Crippen LogP contribution in [0.2, 0.25) is 5.02 Å². The largest absolute Gasteiger partial charge is 0.488 e. The van der Waals surface area contributed by atoms with Crippen LogP contribution >= 0.6 is 11.6 Å². The Morgan fingerprint density at radius 1 is 1.06 bits per heavy atom. The highest BCUT2D eigenvalue weighted by Gasteiger charge is 2.10. The summed E-state index contributed by atoms with van der Waals surface area (Å²) in [5.41, 5.74) is 10.1. The van der Waals surface area contributed by atoms with E-state index in [-0.39, 0.29) is 5.84 Å². The summed E-state index contributed by atoms with van der Waals surface area (Å²) in [6.07, 6.45) is 1.83. The lowest BCUT2D eigenvalue weighted by Gasteiger charge is -2.13. The van der Waals surface area contributed by atoms with Gasteiger partial charge in [-0.25, -0.2) is 4.98 Å². The minimum Gasteiger partial charge on any atom is -0.488 e. The first-order chi connectivity index (χ1) is 15.1. The van der Waals surface area contributed by atoms with E-state index < -0.39 is 0 Å². The summed E-state index contributed by atoms with van der Waals surface area (Å²) < 4.78 is 5.95. The highest BCUT2D eigenvalue weighted by molar-refractivity contribution is 6.30. The molecule has 0 atom stereocenters. The Bertz CT molecular complexity index is 1170. The Balaban J connectivity index is 1.45. The highest BCUT2D eigenvalue weighted by Crippen LogP contribution is 2.25. The number of imidazole rings is 1. The van der Waals surface area contributed by atoms with Gasteiger partial charge in [0.05, 0.1) is 24.0 Å². The highest BCUT2D eigenvalue weighted by atomic mass is 35.5. The second-order valence-electron chi connectivity index (χ2n) is 7.00. The van der Waals surface area contributed by atoms with E-state index in [9.17, 15) is 0 Å². The average molecular weight is 432 g/mol. The Morgan fingerprint density at radius 3 is 2.58 bits per heavy atom. The summed E-state index contributed by atoms with van der Waals surface area (Å²) in [4.78, 5) is 7.77. The lowest BCUT2D eigenvalue weighted by atomic mass is 10.1. The molecule has 1 aromatic heterocycles. The minimum atomic E-state index is -0.0452. The maximum Gasteiger partial charge on any atom is 0.132 e. The lowest BCUT2D eigenvalue weighted by Crippen LogP contribution is -2.13. The molecule has 5 N–H and O–H groups in total. The molecule has 0 aliphatic carbocycles. The molecule has 0 amide bonds. The van der Waals surface area contributed by atoms with Crippen molar-refractivity contribution in [1.82, 2.24) is 9.97 Å². The number of nitrogens with one attached hydrogen (secondary N) is 3. The zero-order valence-electron chi connectivity index (χ0n) is 16.7. The summed E-state index contributed by atoms with van der Waals surface area (Å²) in [5, 5.41) is 11.8. The number of halogens is 1. The van der Waals surface area contributed by atoms with Crippen molar-refractivity contribution < 1.29 is 4.74 Å². The summed E-state index contributed by atoms with van der Waals surface area (Å²) in [6, 6.07) is 23.0. The number of hydrogen-bond donors (Lipinski definition) is 4. The van der Waals surface area contributed by atoms with Crippen LogP contribution in [0.15, 0.2) is 79.0 Å². The van der Waals surface area contributed by atoms with Gasteiger partial charge >= 0.3 is 0 Å². The van der Waals surface area contributed by atoms with Crippen LogP contribution in [-0.4, -0.2) is 15.8 Å². The lowest BCUT2D eigenvalue weighted by molar-refractivity contribution is 0.306. The van der Waals surface area contributed by atoms with Crippen molar-refractivity contribution in [1.29, 1.82) is 5.41 Å². The minimum absolute atomic E-state index is 0.0452. The number of nitrogen functional groups attached to an aromatic ring is 1. The van der Waals surface area contributed by atoms with Crippen molar-refractivity contribution in [2.45, 2.75) is 13.2 Å². The summed E-state index contributed by atoms with van der Waals surface area (Å²) >= 11 is 5.94. The van der Waals surface area contributed by atoms with Crippen molar-refractivity contribution in [2.24, 2.45) is 5.73 Å². The molecule has 4 aromatic rings.